The van der Waals surface area contributed by atoms with Gasteiger partial charge in [-0.15, -0.1) is 0 Å². The molecule has 192 valence electrons. The summed E-state index contributed by atoms with van der Waals surface area (Å²) in [5.74, 6) is 1.44. The summed E-state index contributed by atoms with van der Waals surface area (Å²) in [6.07, 6.45) is 16.2. The molecule has 5 rings (SSSR count). The second kappa shape index (κ2) is 11.3. The van der Waals surface area contributed by atoms with Crippen LogP contribution in [0.15, 0.2) is 104 Å². The largest absolute Gasteiger partial charge is 0.373 e. The molecule has 0 spiro atoms. The number of hydrogen-bond donors (Lipinski definition) is 3. The molecule has 4 aromatic rings. The molecule has 0 aliphatic heterocycles. The van der Waals surface area contributed by atoms with Crippen LogP contribution in [-0.2, 0) is 6.42 Å². The lowest BCUT2D eigenvalue weighted by molar-refractivity contribution is 0.356. The maximum absolute atomic E-state index is 4.76. The Morgan fingerprint density at radius 1 is 1.16 bits per heavy atom. The van der Waals surface area contributed by atoms with Crippen LogP contribution in [0.5, 0.6) is 0 Å². The molecular weight excluding hydrogens is 466 g/mol. The number of nitrogens with zero attached hydrogens (tertiary/aromatic N) is 2. The molecular formula is C33H35N5. The van der Waals surface area contributed by atoms with E-state index in [1.165, 1.54) is 30.2 Å². The standard InChI is InChI=1S/C33H35N5/c1-5-23(17-28(6-2)37-22(3)24-10-7-11-24)27-16-26(33(34-4)36-21-27)18-29-19-31-30(13-8-14-32(31)38-29)25-12-9-15-35-20-25/h5-6,8-9,12-17,19-21,24,37-38H,2-3,7,10-11,18H2,1,4H3,(H,34,36)/b23-5+,28-17+. The number of rotatable bonds is 10. The molecule has 0 amide bonds. The zero-order chi connectivity index (χ0) is 26.5. The van der Waals surface area contributed by atoms with Crippen LogP contribution in [0, 0.1) is 5.92 Å². The van der Waals surface area contributed by atoms with Gasteiger partial charge in [0.15, 0.2) is 0 Å². The topological polar surface area (TPSA) is 65.6 Å². The van der Waals surface area contributed by atoms with Gasteiger partial charge < -0.3 is 15.6 Å². The van der Waals surface area contributed by atoms with Crippen LogP contribution in [-0.4, -0.2) is 22.0 Å². The number of nitrogens with one attached hydrogen (secondary N) is 3. The van der Waals surface area contributed by atoms with Gasteiger partial charge in [0.25, 0.3) is 0 Å². The fraction of sp³-hybridized carbons (Fsp3) is 0.212. The summed E-state index contributed by atoms with van der Waals surface area (Å²) in [4.78, 5) is 12.7. The molecule has 1 aliphatic carbocycles. The van der Waals surface area contributed by atoms with Crippen molar-refractivity contribution < 1.29 is 0 Å². The first-order valence-electron chi connectivity index (χ1n) is 13.2. The fourth-order valence-corrected chi connectivity index (χ4v) is 5.01. The molecule has 1 aromatic carbocycles. The van der Waals surface area contributed by atoms with Crippen molar-refractivity contribution in [2.75, 3.05) is 12.4 Å². The molecule has 1 aliphatic rings. The quantitative estimate of drug-likeness (QED) is 0.195. The molecule has 0 saturated heterocycles. The Morgan fingerprint density at radius 3 is 2.71 bits per heavy atom. The molecule has 5 heteroatoms. The average molecular weight is 502 g/mol. The minimum absolute atomic E-state index is 0.561. The van der Waals surface area contributed by atoms with E-state index in [0.29, 0.717) is 5.92 Å². The van der Waals surface area contributed by atoms with Crippen LogP contribution in [0.4, 0.5) is 5.82 Å². The van der Waals surface area contributed by atoms with Crippen LogP contribution in [0.2, 0.25) is 0 Å². The second-order valence-corrected chi connectivity index (χ2v) is 9.79. The van der Waals surface area contributed by atoms with Gasteiger partial charge in [0.05, 0.1) is 0 Å². The normalized spacial score (nSPS) is 14.3. The third-order valence-electron chi connectivity index (χ3n) is 7.35. The Kier molecular flexibility index (Phi) is 7.55. The van der Waals surface area contributed by atoms with Crippen LogP contribution < -0.4 is 10.6 Å². The number of fused-ring (bicyclic) bond motifs is 1. The van der Waals surface area contributed by atoms with Crippen molar-refractivity contribution in [2.24, 2.45) is 5.92 Å². The first kappa shape index (κ1) is 25.3. The lowest BCUT2D eigenvalue weighted by Crippen LogP contribution is -2.23. The molecule has 3 N–H and O–H groups in total. The highest BCUT2D eigenvalue weighted by Gasteiger charge is 2.20. The van der Waals surface area contributed by atoms with E-state index < -0.39 is 0 Å². The van der Waals surface area contributed by atoms with E-state index in [-0.39, 0.29) is 0 Å². The molecule has 1 fully saturated rings. The predicted octanol–water partition coefficient (Wildman–Crippen LogP) is 7.63. The van der Waals surface area contributed by atoms with Crippen molar-refractivity contribution in [3.8, 4) is 11.1 Å². The van der Waals surface area contributed by atoms with E-state index in [0.717, 1.165) is 57.1 Å². The number of H-pyrrole nitrogens is 1. The molecule has 0 atom stereocenters. The summed E-state index contributed by atoms with van der Waals surface area (Å²) in [5.41, 5.74) is 9.83. The number of anilines is 1. The number of aromatic amines is 1. The minimum atomic E-state index is 0.561. The molecule has 0 unspecified atom stereocenters. The van der Waals surface area contributed by atoms with E-state index >= 15 is 0 Å². The third-order valence-corrected chi connectivity index (χ3v) is 7.35. The first-order valence-corrected chi connectivity index (χ1v) is 13.2. The Morgan fingerprint density at radius 2 is 2.03 bits per heavy atom. The second-order valence-electron chi connectivity index (χ2n) is 9.79. The van der Waals surface area contributed by atoms with Gasteiger partial charge in [-0.05, 0) is 73.2 Å². The van der Waals surface area contributed by atoms with Crippen LogP contribution in [0.1, 0.15) is 43.0 Å². The average Bonchev–Trinajstić information content (AvgIpc) is 3.33. The molecule has 38 heavy (non-hydrogen) atoms. The fourth-order valence-electron chi connectivity index (χ4n) is 5.01. The lowest BCUT2D eigenvalue weighted by atomic mass is 9.83. The highest BCUT2D eigenvalue weighted by molar-refractivity contribution is 5.95. The summed E-state index contributed by atoms with van der Waals surface area (Å²) in [5, 5.41) is 7.94. The van der Waals surface area contributed by atoms with E-state index in [1.54, 1.807) is 6.20 Å². The maximum atomic E-state index is 4.76. The minimum Gasteiger partial charge on any atom is -0.373 e. The molecule has 5 nitrogen and oxygen atoms in total. The Bertz CT molecular complexity index is 1520. The van der Waals surface area contributed by atoms with E-state index in [4.69, 9.17) is 4.98 Å². The Hall–Kier alpha value is -4.38. The number of aromatic nitrogens is 3. The van der Waals surface area contributed by atoms with Crippen molar-refractivity contribution in [3.05, 3.63) is 121 Å². The maximum Gasteiger partial charge on any atom is 0.129 e. The Balaban J connectivity index is 1.44. The summed E-state index contributed by atoms with van der Waals surface area (Å²) in [6, 6.07) is 14.9. The van der Waals surface area contributed by atoms with Crippen molar-refractivity contribution in [3.63, 3.8) is 0 Å². The smallest absolute Gasteiger partial charge is 0.129 e. The first-order chi connectivity index (χ1) is 18.6. The van der Waals surface area contributed by atoms with E-state index in [1.807, 2.05) is 31.6 Å². The van der Waals surface area contributed by atoms with E-state index in [9.17, 15) is 0 Å². The zero-order valence-electron chi connectivity index (χ0n) is 22.2. The van der Waals surface area contributed by atoms with E-state index in [2.05, 4.69) is 89.2 Å². The van der Waals surface area contributed by atoms with Gasteiger partial charge >= 0.3 is 0 Å². The molecule has 0 bridgehead atoms. The molecule has 0 radical (unpaired) electrons. The van der Waals surface area contributed by atoms with Crippen molar-refractivity contribution in [2.45, 2.75) is 32.6 Å². The van der Waals surface area contributed by atoms with Crippen LogP contribution >= 0.6 is 0 Å². The van der Waals surface area contributed by atoms with Crippen molar-refractivity contribution >= 4 is 22.3 Å². The SMILES string of the molecule is C=C/C(=C\C(=C/C)c1cnc(NC)c(Cc2cc3c(-c4cccnc4)cccc3[nH]2)c1)NC(=C)C1CCC1. The lowest BCUT2D eigenvalue weighted by Gasteiger charge is -2.28. The predicted molar refractivity (Wildman–Crippen MR) is 160 cm³/mol. The number of benzene rings is 1. The van der Waals surface area contributed by atoms with Gasteiger partial charge in [-0.25, -0.2) is 4.98 Å². The summed E-state index contributed by atoms with van der Waals surface area (Å²) in [7, 11) is 1.92. The highest BCUT2D eigenvalue weighted by Crippen LogP contribution is 2.32. The van der Waals surface area contributed by atoms with Gasteiger partial charge in [0, 0.05) is 76.7 Å². The summed E-state index contributed by atoms with van der Waals surface area (Å²) < 4.78 is 0. The monoisotopic (exact) mass is 501 g/mol. The Labute approximate surface area is 225 Å². The highest BCUT2D eigenvalue weighted by atomic mass is 15.0. The van der Waals surface area contributed by atoms with Gasteiger partial charge in [0.1, 0.15) is 5.82 Å². The van der Waals surface area contributed by atoms with Gasteiger partial charge in [0.2, 0.25) is 0 Å². The number of pyridine rings is 2. The molecule has 3 aromatic heterocycles. The molecule has 1 saturated carbocycles. The summed E-state index contributed by atoms with van der Waals surface area (Å²) >= 11 is 0. The van der Waals surface area contributed by atoms with Crippen molar-refractivity contribution in [1.29, 1.82) is 0 Å². The van der Waals surface area contributed by atoms with Gasteiger partial charge in [-0.2, -0.15) is 0 Å². The number of allylic oxidation sites excluding steroid dienone is 5. The zero-order valence-corrected chi connectivity index (χ0v) is 22.2. The summed E-state index contributed by atoms with van der Waals surface area (Å²) in [6.45, 7) is 10.3. The number of hydrogen-bond acceptors (Lipinski definition) is 4. The third kappa shape index (κ3) is 5.32. The van der Waals surface area contributed by atoms with Crippen LogP contribution in [0.3, 0.4) is 0 Å². The van der Waals surface area contributed by atoms with Crippen molar-refractivity contribution in [1.82, 2.24) is 20.3 Å². The molecule has 3 heterocycles. The van der Waals surface area contributed by atoms with Gasteiger partial charge in [-0.3, -0.25) is 4.98 Å². The van der Waals surface area contributed by atoms with Gasteiger partial charge in [-0.1, -0.05) is 43.9 Å². The van der Waals surface area contributed by atoms with Crippen LogP contribution in [0.25, 0.3) is 27.6 Å².